The number of aliphatic hydroxyl groups is 1. The highest BCUT2D eigenvalue weighted by molar-refractivity contribution is 6.76. The smallest absolute Gasteiger partial charge is 0.410 e. The summed E-state index contributed by atoms with van der Waals surface area (Å²) in [6, 6.07) is 5.90. The van der Waals surface area contributed by atoms with Gasteiger partial charge in [0.1, 0.15) is 42.9 Å². The number of aliphatic hydroxyl groups excluding tert-OH is 1. The molecule has 2 fully saturated rings. The number of hydrogen-bond acceptors (Lipinski definition) is 10. The van der Waals surface area contributed by atoms with Crippen LogP contribution >= 0.6 is 0 Å². The molecule has 3 aromatic heterocycles. The zero-order chi connectivity index (χ0) is 40.8. The maximum atomic E-state index is 13.5. The standard InChI is InChI=1S/C42H64N6O6Si2/c1-12-53-30(2)37-38(32-24-34-17-18-35(25-32)47(34)41(50)54-42(3,4)5)45-39-36(31-15-16-33(43-26-31)14-13-19-49)27-44-48(39)40(37)46(28-51-20-22-55(6,7)8)29-52-21-23-56(9,10)11/h15-16,26-27,32,34-35,49H,2,12,17-25,28-29H2,1,3-11H3/t32?,34-,35+. The summed E-state index contributed by atoms with van der Waals surface area (Å²) in [7, 11) is -2.70. The number of pyridine rings is 1. The van der Waals surface area contributed by atoms with E-state index in [4.69, 9.17) is 29.0 Å². The summed E-state index contributed by atoms with van der Waals surface area (Å²) in [5.41, 5.74) is 3.93. The van der Waals surface area contributed by atoms with Gasteiger partial charge in [-0.2, -0.15) is 9.61 Å². The van der Waals surface area contributed by atoms with Crippen LogP contribution in [0.1, 0.15) is 76.2 Å². The van der Waals surface area contributed by atoms with Gasteiger partial charge in [0.15, 0.2) is 5.65 Å². The van der Waals surface area contributed by atoms with E-state index < -0.39 is 21.7 Å². The Balaban J connectivity index is 1.67. The third-order valence-corrected chi connectivity index (χ3v) is 13.5. The highest BCUT2D eigenvalue weighted by atomic mass is 28.3. The third kappa shape index (κ3) is 11.2. The van der Waals surface area contributed by atoms with Crippen LogP contribution in [0.5, 0.6) is 0 Å². The van der Waals surface area contributed by atoms with E-state index in [1.54, 1.807) is 6.20 Å². The summed E-state index contributed by atoms with van der Waals surface area (Å²) in [6.07, 6.45) is 6.62. The van der Waals surface area contributed by atoms with Gasteiger partial charge < -0.3 is 33.9 Å². The quantitative estimate of drug-likeness (QED) is 0.0498. The molecule has 1 amide bonds. The van der Waals surface area contributed by atoms with Gasteiger partial charge in [-0.05, 0) is 83.5 Å². The summed E-state index contributed by atoms with van der Waals surface area (Å²) >= 11 is 0. The van der Waals surface area contributed by atoms with Crippen LogP contribution in [0.15, 0.2) is 31.1 Å². The van der Waals surface area contributed by atoms with E-state index in [1.165, 1.54) is 0 Å². The van der Waals surface area contributed by atoms with Crippen LogP contribution in [0.4, 0.5) is 10.6 Å². The minimum atomic E-state index is -1.35. The fourth-order valence-electron chi connectivity index (χ4n) is 7.34. The fourth-order valence-corrected chi connectivity index (χ4v) is 8.85. The van der Waals surface area contributed by atoms with Crippen LogP contribution in [0, 0.1) is 11.8 Å². The van der Waals surface area contributed by atoms with Gasteiger partial charge in [0.05, 0.1) is 24.1 Å². The fraction of sp³-hybridized carbons (Fsp3) is 0.619. The number of ether oxygens (including phenoxy) is 4. The molecule has 2 saturated heterocycles. The van der Waals surface area contributed by atoms with Crippen molar-refractivity contribution in [3.05, 3.63) is 48.1 Å². The van der Waals surface area contributed by atoms with E-state index in [-0.39, 0.29) is 44.2 Å². The normalized spacial score (nSPS) is 18.5. The van der Waals surface area contributed by atoms with Gasteiger partial charge in [-0.1, -0.05) is 51.8 Å². The van der Waals surface area contributed by atoms with Crippen molar-refractivity contribution < 1.29 is 28.8 Å². The van der Waals surface area contributed by atoms with Crippen molar-refractivity contribution in [2.24, 2.45) is 0 Å². The predicted molar refractivity (Wildman–Crippen MR) is 228 cm³/mol. The van der Waals surface area contributed by atoms with Crippen molar-refractivity contribution in [2.75, 3.05) is 44.8 Å². The van der Waals surface area contributed by atoms with Crippen LogP contribution in [-0.2, 0) is 18.9 Å². The first kappa shape index (κ1) is 43.4. The van der Waals surface area contributed by atoms with Gasteiger partial charge in [0.2, 0.25) is 0 Å². The molecular weight excluding hydrogens is 741 g/mol. The molecular formula is C42H64N6O6Si2. The number of amides is 1. The van der Waals surface area contributed by atoms with E-state index in [2.05, 4.69) is 67.6 Å². The van der Waals surface area contributed by atoms with Crippen molar-refractivity contribution in [1.82, 2.24) is 24.5 Å². The first-order valence-electron chi connectivity index (χ1n) is 20.1. The lowest BCUT2D eigenvalue weighted by Gasteiger charge is -2.40. The SMILES string of the molecule is C=C(OCC)c1c(C2C[C@H]3CC[C@@H](C2)N3C(=O)OC(C)(C)C)nc2c(-c3ccc(C#CCO)nc3)cnn2c1N(COCC[Si](C)(C)C)COCC[Si](C)(C)C. The molecule has 0 aliphatic carbocycles. The van der Waals surface area contributed by atoms with Crippen LogP contribution in [0.25, 0.3) is 22.5 Å². The van der Waals surface area contributed by atoms with E-state index in [1.807, 2.05) is 55.4 Å². The van der Waals surface area contributed by atoms with Gasteiger partial charge in [-0.25, -0.2) is 14.8 Å². The first-order chi connectivity index (χ1) is 26.4. The number of fused-ring (bicyclic) bond motifs is 3. The molecule has 2 aliphatic rings. The van der Waals surface area contributed by atoms with Gasteiger partial charge in [0, 0.05) is 64.7 Å². The summed E-state index contributed by atoms with van der Waals surface area (Å²) in [5.74, 6) is 6.80. The lowest BCUT2D eigenvalue weighted by molar-refractivity contribution is 0.00566. The Bertz CT molecular complexity index is 1850. The molecule has 1 N–H and O–H groups in total. The molecule has 2 bridgehead atoms. The highest BCUT2D eigenvalue weighted by Crippen LogP contribution is 2.47. The lowest BCUT2D eigenvalue weighted by atomic mass is 9.85. The molecule has 2 aliphatic heterocycles. The zero-order valence-electron chi connectivity index (χ0n) is 35.4. The molecule has 3 aromatic rings. The van der Waals surface area contributed by atoms with Crippen molar-refractivity contribution in [1.29, 1.82) is 0 Å². The minimum absolute atomic E-state index is 0.00150. The molecule has 0 saturated carbocycles. The molecule has 14 heteroatoms. The Morgan fingerprint density at radius 2 is 1.62 bits per heavy atom. The zero-order valence-corrected chi connectivity index (χ0v) is 37.4. The Morgan fingerprint density at radius 1 is 1.00 bits per heavy atom. The largest absolute Gasteiger partial charge is 0.494 e. The summed E-state index contributed by atoms with van der Waals surface area (Å²) in [6.45, 7) is 28.3. The Kier molecular flexibility index (Phi) is 14.1. The second-order valence-corrected chi connectivity index (χ2v) is 29.7. The summed E-state index contributed by atoms with van der Waals surface area (Å²) in [4.78, 5) is 27.6. The number of carbonyl (C=O) groups is 1. The molecule has 56 heavy (non-hydrogen) atoms. The minimum Gasteiger partial charge on any atom is -0.494 e. The summed E-state index contributed by atoms with van der Waals surface area (Å²) in [5, 5.41) is 14.2. The van der Waals surface area contributed by atoms with Gasteiger partial charge >= 0.3 is 6.09 Å². The van der Waals surface area contributed by atoms with Gasteiger partial charge in [-0.3, -0.25) is 0 Å². The molecule has 1 unspecified atom stereocenters. The number of rotatable bonds is 16. The number of carbonyl (C=O) groups excluding carboxylic acids is 1. The lowest BCUT2D eigenvalue weighted by Crippen LogP contribution is -2.48. The number of aromatic nitrogens is 4. The monoisotopic (exact) mass is 804 g/mol. The van der Waals surface area contributed by atoms with Crippen LogP contribution in [-0.4, -0.2) is 109 Å². The predicted octanol–water partition coefficient (Wildman–Crippen LogP) is 8.22. The van der Waals surface area contributed by atoms with Crippen molar-refractivity contribution >= 4 is 39.5 Å². The van der Waals surface area contributed by atoms with E-state index >= 15 is 0 Å². The third-order valence-electron chi connectivity index (χ3n) is 10.1. The topological polar surface area (TPSA) is 124 Å². The molecule has 0 radical (unpaired) electrons. The molecule has 5 heterocycles. The maximum absolute atomic E-state index is 13.5. The average Bonchev–Trinajstić information content (AvgIpc) is 3.65. The first-order valence-corrected chi connectivity index (χ1v) is 27.5. The number of hydrogen-bond donors (Lipinski definition) is 1. The Hall–Kier alpha value is -3.75. The molecule has 0 spiro atoms. The second kappa shape index (κ2) is 18.2. The number of anilines is 1. The van der Waals surface area contributed by atoms with E-state index in [0.717, 1.165) is 66.0 Å². The molecule has 12 nitrogen and oxygen atoms in total. The van der Waals surface area contributed by atoms with Crippen molar-refractivity contribution in [2.45, 2.75) is 128 Å². The van der Waals surface area contributed by atoms with Crippen molar-refractivity contribution in [3.63, 3.8) is 0 Å². The molecule has 5 rings (SSSR count). The summed E-state index contributed by atoms with van der Waals surface area (Å²) < 4.78 is 27.0. The van der Waals surface area contributed by atoms with Crippen molar-refractivity contribution in [3.8, 4) is 23.0 Å². The van der Waals surface area contributed by atoms with Crippen LogP contribution in [0.2, 0.25) is 51.4 Å². The molecule has 306 valence electrons. The average molecular weight is 805 g/mol. The highest BCUT2D eigenvalue weighted by Gasteiger charge is 2.46. The van der Waals surface area contributed by atoms with Crippen LogP contribution < -0.4 is 4.90 Å². The molecule has 0 aromatic carbocycles. The maximum Gasteiger partial charge on any atom is 0.410 e. The number of nitrogens with zero attached hydrogens (tertiary/aromatic N) is 6. The Morgan fingerprint density at radius 3 is 2.14 bits per heavy atom. The Labute approximate surface area is 336 Å². The second-order valence-electron chi connectivity index (χ2n) is 18.4. The van der Waals surface area contributed by atoms with E-state index in [9.17, 15) is 9.90 Å². The van der Waals surface area contributed by atoms with Crippen LogP contribution in [0.3, 0.4) is 0 Å². The van der Waals surface area contributed by atoms with Gasteiger partial charge in [0.25, 0.3) is 0 Å². The number of piperidine rings is 1. The molecule has 3 atom stereocenters. The van der Waals surface area contributed by atoms with E-state index in [0.29, 0.717) is 36.9 Å². The van der Waals surface area contributed by atoms with Gasteiger partial charge in [-0.15, -0.1) is 0 Å².